The van der Waals surface area contributed by atoms with Crippen molar-refractivity contribution in [1.82, 2.24) is 0 Å². The van der Waals surface area contributed by atoms with Crippen LogP contribution in [0, 0.1) is 13.8 Å². The van der Waals surface area contributed by atoms with Gasteiger partial charge in [0.2, 0.25) is 0 Å². The molecule has 21 heavy (non-hydrogen) atoms. The summed E-state index contributed by atoms with van der Waals surface area (Å²) in [6.07, 6.45) is 0. The van der Waals surface area contributed by atoms with E-state index in [0.717, 1.165) is 19.9 Å². The van der Waals surface area contributed by atoms with Crippen LogP contribution in [0.2, 0.25) is 0 Å². The van der Waals surface area contributed by atoms with E-state index in [1.165, 1.54) is 0 Å². The van der Waals surface area contributed by atoms with Gasteiger partial charge in [-0.25, -0.2) is 0 Å². The summed E-state index contributed by atoms with van der Waals surface area (Å²) in [5.41, 5.74) is 6.23. The molecule has 0 aromatic heterocycles. The van der Waals surface area contributed by atoms with Crippen LogP contribution in [0.1, 0.15) is 16.7 Å². The van der Waals surface area contributed by atoms with Crippen LogP contribution in [0.3, 0.4) is 0 Å². The number of benzene rings is 1. The van der Waals surface area contributed by atoms with Gasteiger partial charge >= 0.3 is 17.5 Å². The zero-order chi connectivity index (χ0) is 16.4. The lowest BCUT2D eigenvalue weighted by Gasteiger charge is -2.24. The second-order valence-corrected chi connectivity index (χ2v) is 5.09. The normalized spacial score (nSPS) is 11.9. The molecule has 0 bridgehead atoms. The van der Waals surface area contributed by atoms with Gasteiger partial charge in [0.25, 0.3) is 0 Å². The molecule has 1 aromatic rings. The first-order valence-corrected chi connectivity index (χ1v) is 6.76. The van der Waals surface area contributed by atoms with E-state index in [9.17, 15) is 25.3 Å². The Bertz CT molecular complexity index is 714. The molecule has 0 aliphatic rings. The number of azide groups is 1. The first-order valence-electron chi connectivity index (χ1n) is 5.45. The number of hydrogen-bond acceptors (Lipinski definition) is 4. The number of halogens is 4. The average molecular weight is 326 g/mol. The average Bonchev–Trinajstić information content (AvgIpc) is 2.28. The predicted molar refractivity (Wildman–Crippen MR) is 68.1 cm³/mol. The van der Waals surface area contributed by atoms with Crippen LogP contribution < -0.4 is 9.65 Å². The summed E-state index contributed by atoms with van der Waals surface area (Å²) in [7, 11) is -5.48. The van der Waals surface area contributed by atoms with E-state index in [1.807, 2.05) is 0 Å². The van der Waals surface area contributed by atoms with Gasteiger partial charge in [-0.05, 0) is 36.6 Å². The molecule has 1 aromatic carbocycles. The lowest BCUT2D eigenvalue weighted by Crippen LogP contribution is -2.39. The summed E-state index contributed by atoms with van der Waals surface area (Å²) in [4.78, 5) is 2.41. The SMILES string of the molecule is Cc1c(CN=[N+]=[N-])cc(OS(=O)(=O)F)c(C)c1[B-](F)(F)F. The Morgan fingerprint density at radius 1 is 1.33 bits per heavy atom. The Kier molecular flexibility index (Phi) is 4.74. The summed E-state index contributed by atoms with van der Waals surface area (Å²) in [5.74, 6) is -0.791. The highest BCUT2D eigenvalue weighted by Crippen LogP contribution is 2.27. The van der Waals surface area contributed by atoms with Gasteiger partial charge in [-0.2, -0.15) is 8.42 Å². The fourth-order valence-electron chi connectivity index (χ4n) is 1.92. The summed E-state index contributed by atoms with van der Waals surface area (Å²) >= 11 is 0. The van der Waals surface area contributed by atoms with Crippen molar-refractivity contribution in [2.45, 2.75) is 20.4 Å². The van der Waals surface area contributed by atoms with Crippen LogP contribution in [0.4, 0.5) is 16.8 Å². The van der Waals surface area contributed by atoms with Crippen LogP contribution >= 0.6 is 0 Å². The van der Waals surface area contributed by atoms with Crippen molar-refractivity contribution in [3.8, 4) is 5.75 Å². The Hall–Kier alpha value is -1.94. The number of nitrogens with zero attached hydrogens (tertiary/aromatic N) is 3. The van der Waals surface area contributed by atoms with Gasteiger partial charge in [-0.3, -0.25) is 0 Å². The van der Waals surface area contributed by atoms with Crippen LogP contribution in [0.15, 0.2) is 11.2 Å². The molecular formula is C9H9BF4N3O3S-. The van der Waals surface area contributed by atoms with Crippen molar-refractivity contribution < 1.29 is 29.4 Å². The van der Waals surface area contributed by atoms with Crippen molar-refractivity contribution in [3.05, 3.63) is 33.2 Å². The van der Waals surface area contributed by atoms with E-state index in [4.69, 9.17) is 5.53 Å². The smallest absolute Gasteiger partial charge is 0.445 e. The fourth-order valence-corrected chi connectivity index (χ4v) is 2.31. The molecule has 0 fully saturated rings. The molecule has 0 heterocycles. The molecule has 0 aliphatic heterocycles. The van der Waals surface area contributed by atoms with Gasteiger partial charge < -0.3 is 17.1 Å². The first-order chi connectivity index (χ1) is 9.47. The minimum absolute atomic E-state index is 0.105. The Balaban J connectivity index is 3.63. The van der Waals surface area contributed by atoms with Crippen LogP contribution in [0.25, 0.3) is 10.4 Å². The van der Waals surface area contributed by atoms with Gasteiger partial charge in [0.1, 0.15) is 5.75 Å². The largest absolute Gasteiger partial charge is 0.510 e. The van der Waals surface area contributed by atoms with E-state index < -0.39 is 40.8 Å². The van der Waals surface area contributed by atoms with Crippen molar-refractivity contribution >= 4 is 22.9 Å². The molecule has 0 N–H and O–H groups in total. The summed E-state index contributed by atoms with van der Waals surface area (Å²) < 4.78 is 76.7. The molecule has 0 atom stereocenters. The minimum Gasteiger partial charge on any atom is -0.445 e. The molecular weight excluding hydrogens is 317 g/mol. The zero-order valence-electron chi connectivity index (χ0n) is 10.8. The molecule has 12 heteroatoms. The summed E-state index contributed by atoms with van der Waals surface area (Å²) in [5, 5.41) is 3.11. The van der Waals surface area contributed by atoms with Crippen molar-refractivity contribution in [2.24, 2.45) is 5.11 Å². The van der Waals surface area contributed by atoms with Crippen molar-refractivity contribution in [2.75, 3.05) is 0 Å². The monoisotopic (exact) mass is 326 g/mol. The van der Waals surface area contributed by atoms with E-state index >= 15 is 0 Å². The minimum atomic E-state index is -5.49. The Morgan fingerprint density at radius 2 is 1.90 bits per heavy atom. The number of hydrogen-bond donors (Lipinski definition) is 0. The van der Waals surface area contributed by atoms with Gasteiger partial charge in [0.05, 0.1) is 6.54 Å². The highest BCUT2D eigenvalue weighted by atomic mass is 32.3. The predicted octanol–water partition coefficient (Wildman–Crippen LogP) is 2.76. The Labute approximate surface area is 117 Å². The quantitative estimate of drug-likeness (QED) is 0.208. The maximum absolute atomic E-state index is 13.1. The second-order valence-electron chi connectivity index (χ2n) is 4.14. The topological polar surface area (TPSA) is 92.1 Å². The van der Waals surface area contributed by atoms with E-state index in [1.54, 1.807) is 0 Å². The van der Waals surface area contributed by atoms with Gasteiger partial charge in [-0.15, -0.1) is 0 Å². The zero-order valence-corrected chi connectivity index (χ0v) is 11.7. The Morgan fingerprint density at radius 3 is 2.33 bits per heavy atom. The van der Waals surface area contributed by atoms with Crippen molar-refractivity contribution in [1.29, 1.82) is 0 Å². The molecule has 116 valence electrons. The molecule has 0 spiro atoms. The molecule has 1 rings (SSSR count). The third kappa shape index (κ3) is 4.26. The van der Waals surface area contributed by atoms with E-state index in [-0.39, 0.29) is 11.1 Å². The highest BCUT2D eigenvalue weighted by Gasteiger charge is 2.32. The molecule has 6 nitrogen and oxygen atoms in total. The van der Waals surface area contributed by atoms with E-state index in [0.29, 0.717) is 0 Å². The lowest BCUT2D eigenvalue weighted by molar-refractivity contribution is 0.437. The van der Waals surface area contributed by atoms with E-state index in [2.05, 4.69) is 14.2 Å². The molecule has 0 amide bonds. The fraction of sp³-hybridized carbons (Fsp3) is 0.333. The summed E-state index contributed by atoms with van der Waals surface area (Å²) in [6, 6.07) is 0.905. The van der Waals surface area contributed by atoms with Crippen LogP contribution in [0.5, 0.6) is 5.75 Å². The van der Waals surface area contributed by atoms with Crippen LogP contribution in [-0.4, -0.2) is 15.4 Å². The third-order valence-electron chi connectivity index (χ3n) is 2.79. The maximum Gasteiger partial charge on any atom is 0.510 e. The molecule has 0 saturated heterocycles. The lowest BCUT2D eigenvalue weighted by atomic mass is 9.72. The maximum atomic E-state index is 13.1. The molecule has 0 saturated carbocycles. The second kappa shape index (κ2) is 5.82. The third-order valence-corrected chi connectivity index (χ3v) is 3.16. The molecule has 0 aliphatic carbocycles. The molecule has 0 unspecified atom stereocenters. The van der Waals surface area contributed by atoms with Crippen molar-refractivity contribution in [3.63, 3.8) is 0 Å². The van der Waals surface area contributed by atoms with Gasteiger partial charge in [0, 0.05) is 4.91 Å². The first kappa shape index (κ1) is 17.1. The molecule has 0 radical (unpaired) electrons. The summed E-state index contributed by atoms with van der Waals surface area (Å²) in [6.45, 7) is -3.83. The van der Waals surface area contributed by atoms with Gasteiger partial charge in [0.15, 0.2) is 0 Å². The standard InChI is InChI=1S/C9H9BF4N3O3S/c1-5-7(4-16-17-15)3-8(20-21(14,18)19)6(2)9(5)10(11,12)13/h3H,4H2,1-2H3/q-1. The van der Waals surface area contributed by atoms with Gasteiger partial charge in [-0.1, -0.05) is 20.0 Å². The van der Waals surface area contributed by atoms with Crippen LogP contribution in [-0.2, 0) is 17.0 Å². The highest BCUT2D eigenvalue weighted by molar-refractivity contribution is 7.81. The number of rotatable bonds is 5.